The Morgan fingerprint density at radius 2 is 2.09 bits per heavy atom. The predicted molar refractivity (Wildman–Crippen MR) is 90.2 cm³/mol. The fraction of sp³-hybridized carbons (Fsp3) is 0.375. The monoisotopic (exact) mass is 385 g/mol. The molecule has 0 fully saturated rings. The van der Waals surface area contributed by atoms with Gasteiger partial charge < -0.3 is 19.9 Å². The quantitative estimate of drug-likeness (QED) is 0.556. The molecule has 0 aliphatic carbocycles. The van der Waals surface area contributed by atoms with Gasteiger partial charge in [0.05, 0.1) is 11.6 Å². The van der Waals surface area contributed by atoms with Gasteiger partial charge in [0.15, 0.2) is 18.1 Å². The van der Waals surface area contributed by atoms with Crippen LogP contribution < -0.4 is 10.1 Å². The molecule has 0 saturated heterocycles. The van der Waals surface area contributed by atoms with Crippen LogP contribution in [0.5, 0.6) is 11.5 Å². The van der Waals surface area contributed by atoms with Crippen LogP contribution in [0.4, 0.5) is 0 Å². The molecule has 0 aromatic heterocycles. The van der Waals surface area contributed by atoms with Crippen molar-refractivity contribution in [2.45, 2.75) is 13.8 Å². The molecule has 0 saturated carbocycles. The van der Waals surface area contributed by atoms with Gasteiger partial charge in [-0.2, -0.15) is 0 Å². The van der Waals surface area contributed by atoms with Crippen molar-refractivity contribution in [1.29, 1.82) is 0 Å². The number of aromatic hydroxyl groups is 1. The van der Waals surface area contributed by atoms with Gasteiger partial charge in [-0.1, -0.05) is 13.8 Å². The van der Waals surface area contributed by atoms with E-state index in [2.05, 4.69) is 21.2 Å². The van der Waals surface area contributed by atoms with Crippen molar-refractivity contribution in [3.63, 3.8) is 0 Å². The first-order chi connectivity index (χ1) is 10.8. The number of esters is 1. The third kappa shape index (κ3) is 6.73. The lowest BCUT2D eigenvalue weighted by molar-refractivity contribution is -0.143. The van der Waals surface area contributed by atoms with Gasteiger partial charge in [0.25, 0.3) is 5.91 Å². The summed E-state index contributed by atoms with van der Waals surface area (Å²) in [5, 5.41) is 12.4. The summed E-state index contributed by atoms with van der Waals surface area (Å²) in [4.78, 5) is 23.0. The molecule has 0 heterocycles. The number of phenolic OH excluding ortho intramolecular Hbond substituents is 1. The van der Waals surface area contributed by atoms with Crippen LogP contribution in [0.25, 0.3) is 6.08 Å². The van der Waals surface area contributed by atoms with Crippen molar-refractivity contribution in [1.82, 2.24) is 5.32 Å². The van der Waals surface area contributed by atoms with Gasteiger partial charge in [0.1, 0.15) is 0 Å². The number of amides is 1. The van der Waals surface area contributed by atoms with Crippen molar-refractivity contribution in [2.75, 3.05) is 20.3 Å². The molecule has 1 amide bonds. The fourth-order valence-corrected chi connectivity index (χ4v) is 2.02. The molecule has 1 rings (SSSR count). The van der Waals surface area contributed by atoms with Gasteiger partial charge in [-0.05, 0) is 45.6 Å². The van der Waals surface area contributed by atoms with E-state index in [1.165, 1.54) is 19.3 Å². The molecule has 0 unspecified atom stereocenters. The molecular weight excluding hydrogens is 366 g/mol. The van der Waals surface area contributed by atoms with E-state index < -0.39 is 5.97 Å². The van der Waals surface area contributed by atoms with Crippen LogP contribution in [0, 0.1) is 5.92 Å². The summed E-state index contributed by atoms with van der Waals surface area (Å²) in [5.74, 6) is -0.380. The highest BCUT2D eigenvalue weighted by Crippen LogP contribution is 2.35. The highest BCUT2D eigenvalue weighted by Gasteiger charge is 2.08. The molecule has 1 aromatic rings. The molecule has 0 aliphatic heterocycles. The van der Waals surface area contributed by atoms with Crippen molar-refractivity contribution >= 4 is 33.9 Å². The Morgan fingerprint density at radius 1 is 1.39 bits per heavy atom. The second kappa shape index (κ2) is 9.19. The number of rotatable bonds is 7. The Balaban J connectivity index is 2.56. The topological polar surface area (TPSA) is 84.9 Å². The van der Waals surface area contributed by atoms with Gasteiger partial charge in [-0.3, -0.25) is 4.79 Å². The first-order valence-electron chi connectivity index (χ1n) is 7.01. The second-order valence-corrected chi connectivity index (χ2v) is 6.05. The summed E-state index contributed by atoms with van der Waals surface area (Å²) in [6.07, 6.45) is 2.70. The lowest BCUT2D eigenvalue weighted by Gasteiger charge is -2.07. The minimum Gasteiger partial charge on any atom is -0.503 e. The minimum absolute atomic E-state index is 0.0194. The maximum absolute atomic E-state index is 11.6. The SMILES string of the molecule is COc1cc(/C=C/C(=O)OCC(=O)NCC(C)C)cc(Br)c1O. The maximum Gasteiger partial charge on any atom is 0.331 e. The normalized spacial score (nSPS) is 10.8. The summed E-state index contributed by atoms with van der Waals surface area (Å²) < 4.78 is 10.3. The number of hydrogen-bond acceptors (Lipinski definition) is 5. The largest absolute Gasteiger partial charge is 0.503 e. The number of methoxy groups -OCH3 is 1. The van der Waals surface area contributed by atoms with Gasteiger partial charge in [0, 0.05) is 12.6 Å². The smallest absolute Gasteiger partial charge is 0.331 e. The lowest BCUT2D eigenvalue weighted by atomic mass is 10.2. The number of halogens is 1. The van der Waals surface area contributed by atoms with Crippen LogP contribution in [-0.4, -0.2) is 37.2 Å². The van der Waals surface area contributed by atoms with E-state index in [-0.39, 0.29) is 24.0 Å². The van der Waals surface area contributed by atoms with Crippen LogP contribution in [-0.2, 0) is 14.3 Å². The van der Waals surface area contributed by atoms with Crippen LogP contribution in [0.2, 0.25) is 0 Å². The van der Waals surface area contributed by atoms with Crippen LogP contribution >= 0.6 is 15.9 Å². The zero-order valence-electron chi connectivity index (χ0n) is 13.3. The summed E-state index contributed by atoms with van der Waals surface area (Å²) >= 11 is 3.19. The fourth-order valence-electron chi connectivity index (χ4n) is 1.56. The first-order valence-corrected chi connectivity index (χ1v) is 7.80. The van der Waals surface area contributed by atoms with Crippen molar-refractivity contribution in [2.24, 2.45) is 5.92 Å². The summed E-state index contributed by atoms with van der Waals surface area (Å²) in [7, 11) is 1.43. The van der Waals surface area contributed by atoms with E-state index in [1.54, 1.807) is 12.1 Å². The van der Waals surface area contributed by atoms with Crippen LogP contribution in [0.1, 0.15) is 19.4 Å². The summed E-state index contributed by atoms with van der Waals surface area (Å²) in [6, 6.07) is 3.19. The summed E-state index contributed by atoms with van der Waals surface area (Å²) in [6.45, 7) is 4.16. The van der Waals surface area contributed by atoms with E-state index >= 15 is 0 Å². The Hall–Kier alpha value is -2.02. The molecule has 0 spiro atoms. The van der Waals surface area contributed by atoms with E-state index in [0.717, 1.165) is 0 Å². The van der Waals surface area contributed by atoms with Crippen molar-refractivity contribution in [3.8, 4) is 11.5 Å². The van der Waals surface area contributed by atoms with E-state index in [4.69, 9.17) is 9.47 Å². The van der Waals surface area contributed by atoms with Crippen LogP contribution in [0.3, 0.4) is 0 Å². The minimum atomic E-state index is -0.632. The standard InChI is InChI=1S/C16H20BrNO5/c1-10(2)8-18-14(19)9-23-15(20)5-4-11-6-12(17)16(21)13(7-11)22-3/h4-7,10,21H,8-9H2,1-3H3,(H,18,19)/b5-4+. The van der Waals surface area contributed by atoms with E-state index in [0.29, 0.717) is 22.5 Å². The Morgan fingerprint density at radius 3 is 2.70 bits per heavy atom. The number of phenols is 1. The highest BCUT2D eigenvalue weighted by atomic mass is 79.9. The number of carbonyl (C=O) groups excluding carboxylic acids is 2. The van der Waals surface area contributed by atoms with E-state index in [9.17, 15) is 14.7 Å². The molecular formula is C16H20BrNO5. The van der Waals surface area contributed by atoms with Gasteiger partial charge in [-0.15, -0.1) is 0 Å². The summed E-state index contributed by atoms with van der Waals surface area (Å²) in [5.41, 5.74) is 0.632. The molecule has 0 radical (unpaired) electrons. The molecule has 23 heavy (non-hydrogen) atoms. The second-order valence-electron chi connectivity index (χ2n) is 5.19. The van der Waals surface area contributed by atoms with E-state index in [1.807, 2.05) is 13.8 Å². The van der Waals surface area contributed by atoms with Crippen LogP contribution in [0.15, 0.2) is 22.7 Å². The molecule has 0 aliphatic rings. The van der Waals surface area contributed by atoms with Crippen molar-refractivity contribution in [3.05, 3.63) is 28.2 Å². The van der Waals surface area contributed by atoms with Gasteiger partial charge >= 0.3 is 5.97 Å². The molecule has 7 heteroatoms. The zero-order chi connectivity index (χ0) is 17.4. The highest BCUT2D eigenvalue weighted by molar-refractivity contribution is 9.10. The number of carbonyl (C=O) groups is 2. The Bertz CT molecular complexity index is 598. The van der Waals surface area contributed by atoms with Gasteiger partial charge in [0.2, 0.25) is 0 Å². The Labute approximate surface area is 143 Å². The molecule has 1 aromatic carbocycles. The molecule has 126 valence electrons. The lowest BCUT2D eigenvalue weighted by Crippen LogP contribution is -2.31. The predicted octanol–water partition coefficient (Wildman–Crippen LogP) is 2.49. The average molecular weight is 386 g/mol. The molecule has 6 nitrogen and oxygen atoms in total. The Kier molecular flexibility index (Phi) is 7.61. The zero-order valence-corrected chi connectivity index (χ0v) is 14.8. The number of benzene rings is 1. The molecule has 0 atom stereocenters. The first kappa shape index (κ1) is 19.0. The number of ether oxygens (including phenoxy) is 2. The molecule has 2 N–H and O–H groups in total. The molecule has 0 bridgehead atoms. The third-order valence-corrected chi connectivity index (χ3v) is 3.34. The van der Waals surface area contributed by atoms with Crippen molar-refractivity contribution < 1.29 is 24.2 Å². The number of nitrogens with one attached hydrogen (secondary N) is 1. The number of hydrogen-bond donors (Lipinski definition) is 2. The maximum atomic E-state index is 11.6. The third-order valence-electron chi connectivity index (χ3n) is 2.74. The average Bonchev–Trinajstić information content (AvgIpc) is 2.51. The van der Waals surface area contributed by atoms with Gasteiger partial charge in [-0.25, -0.2) is 4.79 Å².